The van der Waals surface area contributed by atoms with E-state index in [0.717, 1.165) is 6.92 Å². The van der Waals surface area contributed by atoms with E-state index in [2.05, 4.69) is 99.0 Å². The number of phenols is 2. The summed E-state index contributed by atoms with van der Waals surface area (Å²) >= 11 is 8.81. The number of carbonyl (C=O) groups is 14. The molecule has 0 saturated heterocycles. The van der Waals surface area contributed by atoms with Crippen LogP contribution in [0.2, 0.25) is 0 Å². The Hall–Kier alpha value is -10.4. The van der Waals surface area contributed by atoms with Crippen molar-refractivity contribution in [1.29, 1.82) is 0 Å². The molecule has 0 aliphatic heterocycles. The highest BCUT2D eigenvalue weighted by Crippen LogP contribution is 2.21. The molecule has 15 atom stereocenters. The monoisotopic (exact) mass is 1660 g/mol. The summed E-state index contributed by atoms with van der Waals surface area (Å²) in [7, 11) is 0. The molecule has 0 spiro atoms. The zero-order valence-electron chi connectivity index (χ0n) is 64.8. The van der Waals surface area contributed by atoms with Crippen molar-refractivity contribution in [2.45, 2.75) is 220 Å². The molecular weight excluding hydrogens is 1550 g/mol. The summed E-state index contributed by atoms with van der Waals surface area (Å²) in [6.45, 7) is 4.77. The highest BCUT2D eigenvalue weighted by molar-refractivity contribution is 7.81. The van der Waals surface area contributed by atoms with Gasteiger partial charge in [-0.2, -0.15) is 25.3 Å². The topological polar surface area (TPSA) is 769 Å². The highest BCUT2D eigenvalue weighted by Gasteiger charge is 2.41. The maximum atomic E-state index is 14.5. The molecule has 644 valence electrons. The number of aliphatic hydroxyl groups is 2. The Balaban J connectivity index is 2.49. The van der Waals surface area contributed by atoms with Crippen LogP contribution in [0.3, 0.4) is 0 Å². The summed E-state index contributed by atoms with van der Waals surface area (Å²) in [5.74, 6) is -16.3. The molecule has 0 radical (unpaired) electrons. The summed E-state index contributed by atoms with van der Waals surface area (Å²) in [5.41, 5.74) is 57.7. The number of carbonyl (C=O) groups excluding carboxylic acids is 13. The Kier molecular flexibility index (Phi) is 45.6. The molecule has 13 amide bonds. The maximum absolute atomic E-state index is 14.5. The van der Waals surface area contributed by atoms with Crippen LogP contribution in [-0.4, -0.2) is 261 Å². The van der Waals surface area contributed by atoms with Crippen LogP contribution in [0.1, 0.15) is 122 Å². The molecule has 0 heterocycles. The number of thiol groups is 2. The fraction of sp³-hybridized carbons (Fsp3) is 0.600. The molecule has 0 bridgehead atoms. The number of hydrogen-bond acceptors (Lipinski definition) is 27. The van der Waals surface area contributed by atoms with Gasteiger partial charge in [-0.15, -0.1) is 0 Å². The minimum absolute atomic E-state index is 0.00769. The van der Waals surface area contributed by atoms with Crippen LogP contribution < -0.4 is 121 Å². The average molecular weight is 1660 g/mol. The van der Waals surface area contributed by atoms with Crippen molar-refractivity contribution in [2.75, 3.05) is 45.0 Å². The molecule has 2 rings (SSSR count). The first-order valence-electron chi connectivity index (χ1n) is 37.2. The van der Waals surface area contributed by atoms with Gasteiger partial charge in [-0.1, -0.05) is 24.3 Å². The lowest BCUT2D eigenvalue weighted by atomic mass is 9.99. The number of nitrogens with two attached hydrogens (primary N) is 10. The number of rotatable bonds is 55. The maximum Gasteiger partial charge on any atom is 0.326 e. The number of benzene rings is 2. The van der Waals surface area contributed by atoms with Crippen LogP contribution in [-0.2, 0) is 80.0 Å². The Morgan fingerprint density at radius 1 is 0.400 bits per heavy atom. The van der Waals surface area contributed by atoms with E-state index in [0.29, 0.717) is 24.0 Å². The summed E-state index contributed by atoms with van der Waals surface area (Å²) in [4.78, 5) is 203. The fourth-order valence-corrected chi connectivity index (χ4v) is 11.5. The van der Waals surface area contributed by atoms with Gasteiger partial charge in [0.05, 0.1) is 18.6 Å². The minimum atomic E-state index is -1.91. The van der Waals surface area contributed by atoms with Gasteiger partial charge in [-0.3, -0.25) is 72.3 Å². The number of primary amides is 1. The number of unbranched alkanes of at least 4 members (excludes halogenated alkanes) is 2. The van der Waals surface area contributed by atoms with Crippen LogP contribution in [0, 0.1) is 0 Å². The van der Waals surface area contributed by atoms with Crippen molar-refractivity contribution in [3.8, 4) is 11.5 Å². The summed E-state index contributed by atoms with van der Waals surface area (Å²) in [6, 6.07) is -9.75. The number of carboxylic acids is 1. The fourth-order valence-electron chi connectivity index (χ4n) is 11.1. The van der Waals surface area contributed by atoms with Crippen molar-refractivity contribution >= 4 is 120 Å². The second-order valence-corrected chi connectivity index (χ2v) is 29.3. The van der Waals surface area contributed by atoms with Crippen molar-refractivity contribution < 1.29 is 92.7 Å². The van der Waals surface area contributed by atoms with Crippen molar-refractivity contribution in [2.24, 2.45) is 67.3 Å². The molecule has 0 aromatic heterocycles. The molecule has 43 nitrogen and oxygen atoms in total. The molecule has 0 unspecified atom stereocenters. The first-order valence-corrected chi connectivity index (χ1v) is 38.3. The summed E-state index contributed by atoms with van der Waals surface area (Å²) in [6.07, 6.45) is -4.74. The van der Waals surface area contributed by atoms with Crippen LogP contribution >= 0.6 is 25.3 Å². The Morgan fingerprint density at radius 2 is 0.722 bits per heavy atom. The van der Waals surface area contributed by atoms with E-state index >= 15 is 0 Å². The lowest BCUT2D eigenvalue weighted by molar-refractivity contribution is -0.142. The van der Waals surface area contributed by atoms with E-state index < -0.39 is 190 Å². The van der Waals surface area contributed by atoms with Crippen molar-refractivity contribution in [3.05, 3.63) is 59.7 Å². The number of aliphatic carboxylic acids is 1. The highest BCUT2D eigenvalue weighted by atomic mass is 32.1. The van der Waals surface area contributed by atoms with Gasteiger partial charge < -0.3 is 147 Å². The molecule has 115 heavy (non-hydrogen) atoms. The molecule has 0 fully saturated rings. The van der Waals surface area contributed by atoms with Gasteiger partial charge in [0.25, 0.3) is 0 Å². The average Bonchev–Trinajstić information content (AvgIpc) is 0.827. The van der Waals surface area contributed by atoms with Gasteiger partial charge >= 0.3 is 5.97 Å². The molecule has 37 N–H and O–H groups in total. The first kappa shape index (κ1) is 101. The van der Waals surface area contributed by atoms with Gasteiger partial charge in [0, 0.05) is 36.4 Å². The van der Waals surface area contributed by atoms with Crippen molar-refractivity contribution in [1.82, 2.24) is 63.8 Å². The van der Waals surface area contributed by atoms with Crippen LogP contribution in [0.15, 0.2) is 58.5 Å². The second-order valence-electron chi connectivity index (χ2n) is 27.8. The SMILES string of the molecule is C[C@@H](O)[C@H](N)C(=O)N[C@@H](Cc1ccc(O)cc1)C(=O)N[C@H](C(=O)N[C@@H](CC(N)=O)C(=O)N[C@@H](CCCN=C(N)N)C(=O)N[C@@H](CCN)C(=O)N[C@H](C(=O)N[C@H](CCCCN)C(=O)N[C@@H](CCCCN)C(=O)N[C@@H](CS)C(=O)N[C@@H](CCN)C(=O)N[C@@H](CCCN=C(N)N)C(=O)N[C@@H](Cc1ccc(O)cc1)C(=O)O)[C@@H](C)O)C(C)(C)S. The smallest absolute Gasteiger partial charge is 0.326 e. The normalized spacial score (nSPS) is 15.1. The van der Waals surface area contributed by atoms with Gasteiger partial charge in [0.1, 0.15) is 90.0 Å². The van der Waals surface area contributed by atoms with Gasteiger partial charge in [-0.25, -0.2) is 4.79 Å². The molecule has 45 heteroatoms. The number of guanidine groups is 2. The van der Waals surface area contributed by atoms with Crippen LogP contribution in [0.4, 0.5) is 0 Å². The van der Waals surface area contributed by atoms with Crippen LogP contribution in [0.25, 0.3) is 0 Å². The quantitative estimate of drug-likeness (QED) is 0.0127. The van der Waals surface area contributed by atoms with E-state index in [1.807, 2.05) is 0 Å². The largest absolute Gasteiger partial charge is 0.508 e. The number of hydrogen-bond donors (Lipinski definition) is 29. The number of aliphatic hydroxyl groups excluding tert-OH is 2. The third-order valence-electron chi connectivity index (χ3n) is 17.5. The van der Waals surface area contributed by atoms with Crippen molar-refractivity contribution in [3.63, 3.8) is 0 Å². The lowest BCUT2D eigenvalue weighted by Gasteiger charge is -2.33. The lowest BCUT2D eigenvalue weighted by Crippen LogP contribution is -2.63. The third kappa shape index (κ3) is 38.1. The van der Waals surface area contributed by atoms with Crippen LogP contribution in [0.5, 0.6) is 11.5 Å². The Labute approximate surface area is 676 Å². The number of aromatic hydroxyl groups is 2. The van der Waals surface area contributed by atoms with E-state index in [-0.39, 0.29) is 140 Å². The van der Waals surface area contributed by atoms with E-state index in [4.69, 9.17) is 57.3 Å². The van der Waals surface area contributed by atoms with Gasteiger partial charge in [0.2, 0.25) is 76.8 Å². The molecule has 0 saturated carbocycles. The number of aliphatic imine (C=N–C) groups is 2. The number of nitrogens with zero attached hydrogens (tertiary/aromatic N) is 2. The molecular formula is C70H118N24O19S2. The standard InChI is InChI=1S/C70H118N24O19S2/c1-35(95)52(76)64(109)89-47(31-37-15-19-39(97)20-16-37)62(107)94-54(70(3,4)115)66(111)90-48(33-51(75)99)61(106)85-43(13-9-29-81-68(77)78)56(101)86-46(24-28-74)60(105)93-53(36(2)96)65(110)88-42(12-6-8-26-72)55(100)83-41(11-5-7-25-71)58(103)92-50(34-114)63(108)87-45(23-27-73)59(104)84-44(14-10-30-82-69(79)80)57(102)91-49(67(112)113)32-38-17-21-40(98)22-18-38/h15-22,35-36,41-50,52-54,95-98,114-115H,5-14,23-34,71-74,76H2,1-4H3,(H2,75,99)(H,83,100)(H,84,104)(H,85,106)(H,86,101)(H,87,108)(H,88,110)(H,89,109)(H,90,111)(H,91,102)(H,92,103)(H,93,105)(H,94,107)(H,112,113)(H4,77,78,81)(H4,79,80,82)/t35-,36-,41+,42-,43+,44+,45+,46+,47+,48+,49+,50+,52+,53+,54-/m1/s1. The number of carboxylic acid groups (broad SMARTS) is 1. The first-order chi connectivity index (χ1) is 54.1. The summed E-state index contributed by atoms with van der Waals surface area (Å²) in [5, 5.41) is 80.4. The number of nitrogens with one attached hydrogen (secondary N) is 12. The molecule has 0 aliphatic carbocycles. The zero-order chi connectivity index (χ0) is 86.8. The number of amides is 13. The number of phenolic OH excluding ortho intramolecular Hbond substituents is 2. The van der Waals surface area contributed by atoms with E-state index in [9.17, 15) is 92.7 Å². The zero-order valence-corrected chi connectivity index (χ0v) is 66.6. The molecule has 2 aromatic rings. The van der Waals surface area contributed by atoms with E-state index in [1.54, 1.807) is 0 Å². The van der Waals surface area contributed by atoms with E-state index in [1.165, 1.54) is 69.3 Å². The predicted octanol–water partition coefficient (Wildman–Crippen LogP) is -9.55. The minimum Gasteiger partial charge on any atom is -0.508 e. The van der Waals surface area contributed by atoms with Gasteiger partial charge in [-0.05, 0) is 166 Å². The second kappa shape index (κ2) is 52.1. The Morgan fingerprint density at radius 3 is 1.07 bits per heavy atom. The third-order valence-corrected chi connectivity index (χ3v) is 18.1. The van der Waals surface area contributed by atoms with Gasteiger partial charge in [0.15, 0.2) is 11.9 Å². The summed E-state index contributed by atoms with van der Waals surface area (Å²) < 4.78 is -1.50. The molecule has 2 aromatic carbocycles. The predicted molar refractivity (Wildman–Crippen MR) is 429 cm³/mol. The Bertz CT molecular complexity index is 3590. The molecule has 0 aliphatic rings.